The third kappa shape index (κ3) is 38.1. The molecule has 0 amide bonds. The van der Waals surface area contributed by atoms with Crippen LogP contribution in [0.15, 0.2) is 24.3 Å². The first-order valence-electron chi connectivity index (χ1n) is 32.9. The van der Waals surface area contributed by atoms with Crippen LogP contribution in [-0.4, -0.2) is 142 Å². The molecule has 14 heteroatoms. The fraction of sp³-hybridized carbons (Fsp3) is 0.923. The lowest BCUT2D eigenvalue weighted by Gasteiger charge is -2.42. The highest BCUT2D eigenvalue weighted by Gasteiger charge is 2.47. The first kappa shape index (κ1) is 73.6. The van der Waals surface area contributed by atoms with Crippen molar-refractivity contribution >= 4 is 5.97 Å². The summed E-state index contributed by atoms with van der Waals surface area (Å²) in [5.41, 5.74) is 0. The fourth-order valence-electron chi connectivity index (χ4n) is 10.7. The lowest BCUT2D eigenvalue weighted by Crippen LogP contribution is -2.61. The number of esters is 1. The third-order valence-corrected chi connectivity index (χ3v) is 16.0. The first-order chi connectivity index (χ1) is 38.6. The maximum Gasteiger partial charge on any atom is 0.306 e. The van der Waals surface area contributed by atoms with Gasteiger partial charge in [0.25, 0.3) is 0 Å². The molecule has 0 saturated carbocycles. The van der Waals surface area contributed by atoms with E-state index in [0.717, 1.165) is 51.4 Å². The highest BCUT2D eigenvalue weighted by Crippen LogP contribution is 2.27. The maximum atomic E-state index is 13.1. The van der Waals surface area contributed by atoms with Gasteiger partial charge in [0.2, 0.25) is 0 Å². The van der Waals surface area contributed by atoms with Crippen molar-refractivity contribution in [3.63, 3.8) is 0 Å². The maximum absolute atomic E-state index is 13.1. The summed E-state index contributed by atoms with van der Waals surface area (Å²) in [7, 11) is 0. The summed E-state index contributed by atoms with van der Waals surface area (Å²) in [6.45, 7) is 3.73. The Labute approximate surface area is 481 Å². The molecule has 2 fully saturated rings. The Hall–Kier alpha value is -1.53. The zero-order chi connectivity index (χ0) is 57.2. The second-order valence-corrected chi connectivity index (χ2v) is 23.3. The molecule has 0 aromatic carbocycles. The Morgan fingerprint density at radius 3 is 1.24 bits per heavy atom. The van der Waals surface area contributed by atoms with Gasteiger partial charge in [-0.2, -0.15) is 0 Å². The molecule has 0 aromatic heterocycles. The van der Waals surface area contributed by atoms with Crippen molar-refractivity contribution in [2.75, 3.05) is 33.0 Å². The van der Waals surface area contributed by atoms with Crippen LogP contribution in [0.25, 0.3) is 0 Å². The summed E-state index contributed by atoms with van der Waals surface area (Å²) in [6, 6.07) is 0. The molecule has 2 aliphatic heterocycles. The van der Waals surface area contributed by atoms with Crippen LogP contribution in [0.4, 0.5) is 0 Å². The minimum absolute atomic E-state index is 0.0651. The quantitative estimate of drug-likeness (QED) is 0.0172. The van der Waals surface area contributed by atoms with Crippen LogP contribution >= 0.6 is 0 Å². The lowest BCUT2D eigenvalue weighted by molar-refractivity contribution is -0.332. The molecule has 7 N–H and O–H groups in total. The minimum atomic E-state index is -1.71. The van der Waals surface area contributed by atoms with Crippen molar-refractivity contribution in [3.8, 4) is 0 Å². The molecular weight excluding hydrogens is 1000 g/mol. The standard InChI is InChI=1S/C65H122O14/c1-3-5-7-9-11-13-15-17-19-21-23-24-25-26-27-28-29-31-33-35-37-39-41-43-45-47-49-74-51-54(77-57(67)48-46-44-42-40-38-36-34-32-30-22-20-18-16-14-12-10-8-6-4-2)52-75-64-63(73)61(71)59(69)56(79-64)53-76-65-62(72)60(70)58(68)55(50-66)78-65/h12,14,18,20,54-56,58-66,68-73H,3-11,13,15-17,19,21-53H2,1-2H3/b14-12-,20-18-. The van der Waals surface area contributed by atoms with Gasteiger partial charge in [-0.05, 0) is 44.9 Å². The molecule has 0 bridgehead atoms. The Morgan fingerprint density at radius 1 is 0.418 bits per heavy atom. The summed E-state index contributed by atoms with van der Waals surface area (Å²) in [5.74, 6) is -0.374. The van der Waals surface area contributed by atoms with Crippen LogP contribution in [0.5, 0.6) is 0 Å². The number of rotatable bonds is 55. The molecule has 14 nitrogen and oxygen atoms in total. The molecule has 2 aliphatic rings. The predicted molar refractivity (Wildman–Crippen MR) is 317 cm³/mol. The molecule has 2 saturated heterocycles. The second-order valence-electron chi connectivity index (χ2n) is 23.3. The third-order valence-electron chi connectivity index (χ3n) is 16.0. The Balaban J connectivity index is 1.64. The van der Waals surface area contributed by atoms with Crippen LogP contribution < -0.4 is 0 Å². The van der Waals surface area contributed by atoms with Gasteiger partial charge >= 0.3 is 5.97 Å². The second kappa shape index (κ2) is 52.1. The van der Waals surface area contributed by atoms with Crippen molar-refractivity contribution < 1.29 is 69.0 Å². The predicted octanol–water partition coefficient (Wildman–Crippen LogP) is 13.1. The highest BCUT2D eigenvalue weighted by atomic mass is 16.7. The first-order valence-corrected chi connectivity index (χ1v) is 32.9. The number of hydrogen-bond donors (Lipinski definition) is 7. The van der Waals surface area contributed by atoms with Crippen molar-refractivity contribution in [2.45, 2.75) is 351 Å². The Bertz CT molecular complexity index is 1400. The van der Waals surface area contributed by atoms with Crippen molar-refractivity contribution in [2.24, 2.45) is 0 Å². The zero-order valence-corrected chi connectivity index (χ0v) is 50.4. The largest absolute Gasteiger partial charge is 0.457 e. The molecular formula is C65H122O14. The number of aliphatic hydroxyl groups excluding tert-OH is 7. The molecule has 0 aromatic rings. The van der Waals surface area contributed by atoms with Gasteiger partial charge in [0.15, 0.2) is 12.6 Å². The van der Waals surface area contributed by atoms with E-state index < -0.39 is 80.7 Å². The molecule has 0 radical (unpaired) electrons. The molecule has 0 aliphatic carbocycles. The SMILES string of the molecule is CCCCC/C=C\C/C=C\CCCCCCCCCCCC(=O)OC(COCCCCCCCCCCCCCCCCCCCCCCCCCCCC)COC1OC(COC2OC(CO)C(O)C(O)C2O)C(O)C(O)C1O. The highest BCUT2D eigenvalue weighted by molar-refractivity contribution is 5.69. The summed E-state index contributed by atoms with van der Waals surface area (Å²) in [4.78, 5) is 13.1. The average molecular weight is 1130 g/mol. The van der Waals surface area contributed by atoms with Crippen molar-refractivity contribution in [1.82, 2.24) is 0 Å². The van der Waals surface area contributed by atoms with Crippen LogP contribution in [0.2, 0.25) is 0 Å². The minimum Gasteiger partial charge on any atom is -0.457 e. The summed E-state index contributed by atoms with van der Waals surface area (Å²) >= 11 is 0. The van der Waals surface area contributed by atoms with Gasteiger partial charge in [0, 0.05) is 13.0 Å². The van der Waals surface area contributed by atoms with Crippen LogP contribution in [-0.2, 0) is 33.2 Å². The summed E-state index contributed by atoms with van der Waals surface area (Å²) < 4.78 is 34.5. The Kier molecular flexibility index (Phi) is 48.5. The van der Waals surface area contributed by atoms with Gasteiger partial charge in [-0.25, -0.2) is 0 Å². The van der Waals surface area contributed by atoms with E-state index in [2.05, 4.69) is 38.2 Å². The number of carbonyl (C=O) groups is 1. The molecule has 466 valence electrons. The molecule has 79 heavy (non-hydrogen) atoms. The van der Waals surface area contributed by atoms with Crippen LogP contribution in [0.1, 0.15) is 284 Å². The van der Waals surface area contributed by atoms with E-state index in [0.29, 0.717) is 13.0 Å². The van der Waals surface area contributed by atoms with Gasteiger partial charge in [0.05, 0.1) is 26.4 Å². The summed E-state index contributed by atoms with van der Waals surface area (Å²) in [6.07, 6.45) is 45.4. The number of ether oxygens (including phenoxy) is 6. The zero-order valence-electron chi connectivity index (χ0n) is 50.4. The van der Waals surface area contributed by atoms with Crippen molar-refractivity contribution in [1.29, 1.82) is 0 Å². The van der Waals surface area contributed by atoms with Crippen LogP contribution in [0, 0.1) is 0 Å². The topological polar surface area (TPSA) is 214 Å². The number of hydrogen-bond acceptors (Lipinski definition) is 14. The average Bonchev–Trinajstić information content (AvgIpc) is 3.46. The lowest BCUT2D eigenvalue weighted by atomic mass is 9.98. The van der Waals surface area contributed by atoms with Crippen molar-refractivity contribution in [3.05, 3.63) is 24.3 Å². The van der Waals surface area contributed by atoms with E-state index in [9.17, 15) is 40.5 Å². The number of allylic oxidation sites excluding steroid dienone is 4. The van der Waals surface area contributed by atoms with Crippen LogP contribution in [0.3, 0.4) is 0 Å². The van der Waals surface area contributed by atoms with Gasteiger partial charge in [-0.1, -0.05) is 256 Å². The Morgan fingerprint density at radius 2 is 0.785 bits per heavy atom. The number of carbonyl (C=O) groups excluding carboxylic acids is 1. The molecule has 0 spiro atoms. The van der Waals surface area contributed by atoms with E-state index in [1.54, 1.807) is 0 Å². The smallest absolute Gasteiger partial charge is 0.306 e. The van der Waals surface area contributed by atoms with E-state index in [1.165, 1.54) is 205 Å². The molecule has 2 heterocycles. The number of aliphatic hydroxyl groups is 7. The number of unbranched alkanes of at least 4 members (excludes halogenated alkanes) is 37. The van der Waals surface area contributed by atoms with Gasteiger partial charge in [-0.15, -0.1) is 0 Å². The van der Waals surface area contributed by atoms with Gasteiger partial charge in [-0.3, -0.25) is 4.79 Å². The normalized spacial score (nSPS) is 24.1. The molecule has 2 rings (SSSR count). The molecule has 11 unspecified atom stereocenters. The van der Waals surface area contributed by atoms with E-state index >= 15 is 0 Å². The van der Waals surface area contributed by atoms with E-state index in [1.807, 2.05) is 0 Å². The van der Waals surface area contributed by atoms with E-state index in [-0.39, 0.29) is 25.6 Å². The van der Waals surface area contributed by atoms with E-state index in [4.69, 9.17) is 28.4 Å². The van der Waals surface area contributed by atoms with Gasteiger partial charge in [0.1, 0.15) is 54.9 Å². The fourth-order valence-corrected chi connectivity index (χ4v) is 10.7. The van der Waals surface area contributed by atoms with Gasteiger partial charge < -0.3 is 64.2 Å². The summed E-state index contributed by atoms with van der Waals surface area (Å²) in [5, 5.41) is 72.5. The monoisotopic (exact) mass is 1130 g/mol. The molecule has 11 atom stereocenters.